The van der Waals surface area contributed by atoms with Gasteiger partial charge in [0.25, 0.3) is 0 Å². The summed E-state index contributed by atoms with van der Waals surface area (Å²) >= 11 is 0. The van der Waals surface area contributed by atoms with Gasteiger partial charge in [-0.25, -0.2) is 0 Å². The van der Waals surface area contributed by atoms with E-state index in [2.05, 4.69) is 30.6 Å². The summed E-state index contributed by atoms with van der Waals surface area (Å²) in [6, 6.07) is 0. The second kappa shape index (κ2) is 3.39. The van der Waals surface area contributed by atoms with Gasteiger partial charge < -0.3 is 18.5 Å². The van der Waals surface area contributed by atoms with Crippen LogP contribution in [0.25, 0.3) is 0 Å². The normalized spacial score (nSPS) is 12.0. The molecule has 0 spiro atoms. The van der Waals surface area contributed by atoms with Gasteiger partial charge in [-0.1, -0.05) is 0 Å². The van der Waals surface area contributed by atoms with Crippen LogP contribution in [0.1, 0.15) is 0 Å². The monoisotopic (exact) mass is 135 g/mol. The fourth-order valence-corrected chi connectivity index (χ4v) is 0.411. The van der Waals surface area contributed by atoms with Crippen LogP contribution >= 0.6 is 9.47 Å². The Kier molecular flexibility index (Phi) is 3.54. The summed E-state index contributed by atoms with van der Waals surface area (Å²) in [5.41, 5.74) is 0. The second-order valence-corrected chi connectivity index (χ2v) is 3.15. The highest BCUT2D eigenvalue weighted by Gasteiger charge is 2.02. The Bertz CT molecular complexity index is 59.9. The Balaban J connectivity index is 3.11. The Labute approximate surface area is 53.7 Å². The van der Waals surface area contributed by atoms with Gasteiger partial charge in [-0.2, -0.15) is 0 Å². The lowest BCUT2D eigenvalue weighted by atomic mass is 10.5. The highest BCUT2D eigenvalue weighted by molar-refractivity contribution is 7.09. The average Bonchev–Trinajstić information content (AvgIpc) is 1.59. The van der Waals surface area contributed by atoms with Gasteiger partial charge in [0.1, 0.15) is 0 Å². The van der Waals surface area contributed by atoms with Crippen molar-refractivity contribution in [1.29, 1.82) is 0 Å². The minimum absolute atomic E-state index is 0.764. The van der Waals surface area contributed by atoms with E-state index >= 15 is 0 Å². The zero-order valence-corrected chi connectivity index (χ0v) is 6.77. The van der Waals surface area contributed by atoms with Crippen molar-refractivity contribution in [1.82, 2.24) is 0 Å². The minimum atomic E-state index is 0.764. The van der Waals surface area contributed by atoms with Gasteiger partial charge in [-0.15, -0.1) is 0 Å². The Hall–Kier alpha value is 0.350. The molecule has 0 aromatic rings. The van der Waals surface area contributed by atoms with Crippen molar-refractivity contribution in [3.8, 4) is 0 Å². The van der Waals surface area contributed by atoms with E-state index in [9.17, 15) is 0 Å². The molecule has 0 rings (SSSR count). The van der Waals surface area contributed by atoms with Crippen molar-refractivity contribution < 1.29 is 9.01 Å². The van der Waals surface area contributed by atoms with Crippen molar-refractivity contribution in [2.24, 2.45) is 0 Å². The maximum atomic E-state index is 4.71. The lowest BCUT2D eigenvalue weighted by Gasteiger charge is -2.24. The topological polar surface area (TPSA) is 9.23 Å². The SMILES string of the molecule is C[N+](C)(C)CCO[PH-]. The van der Waals surface area contributed by atoms with Crippen LogP contribution in [0.4, 0.5) is 0 Å². The van der Waals surface area contributed by atoms with Crippen LogP contribution in [0.15, 0.2) is 0 Å². The maximum absolute atomic E-state index is 4.71. The quantitative estimate of drug-likeness (QED) is 0.410. The summed E-state index contributed by atoms with van der Waals surface area (Å²) in [7, 11) is 9.33. The molecular formula is C5H14NOP. The molecule has 50 valence electrons. The molecule has 8 heavy (non-hydrogen) atoms. The van der Waals surface area contributed by atoms with Crippen LogP contribution in [0.3, 0.4) is 0 Å². The van der Waals surface area contributed by atoms with Crippen LogP contribution in [0.5, 0.6) is 0 Å². The molecule has 0 aromatic heterocycles. The second-order valence-electron chi connectivity index (χ2n) is 2.86. The molecule has 0 amide bonds. The first-order valence-corrected chi connectivity index (χ1v) is 3.06. The van der Waals surface area contributed by atoms with Crippen LogP contribution in [0, 0.1) is 0 Å². The fourth-order valence-electron chi connectivity index (χ4n) is 0.320. The molecule has 0 unspecified atom stereocenters. The van der Waals surface area contributed by atoms with Gasteiger partial charge in [0.05, 0.1) is 34.3 Å². The van der Waals surface area contributed by atoms with Gasteiger partial charge >= 0.3 is 0 Å². The molecule has 0 fully saturated rings. The maximum Gasteiger partial charge on any atom is 0.0988 e. The summed E-state index contributed by atoms with van der Waals surface area (Å²) in [4.78, 5) is 0. The highest BCUT2D eigenvalue weighted by atomic mass is 31.0. The number of rotatable bonds is 3. The summed E-state index contributed by atoms with van der Waals surface area (Å²) in [6.07, 6.45) is 0. The van der Waals surface area contributed by atoms with Gasteiger partial charge in [0.2, 0.25) is 0 Å². The van der Waals surface area contributed by atoms with Gasteiger partial charge in [-0.3, -0.25) is 0 Å². The molecule has 2 nitrogen and oxygen atoms in total. The van der Waals surface area contributed by atoms with Crippen molar-refractivity contribution in [3.05, 3.63) is 0 Å². The molecular weight excluding hydrogens is 121 g/mol. The van der Waals surface area contributed by atoms with E-state index in [4.69, 9.17) is 4.52 Å². The van der Waals surface area contributed by atoms with Crippen LogP contribution < -0.4 is 0 Å². The molecule has 3 heteroatoms. The zero-order chi connectivity index (χ0) is 6.62. The van der Waals surface area contributed by atoms with E-state index in [0.717, 1.165) is 17.6 Å². The van der Waals surface area contributed by atoms with E-state index < -0.39 is 0 Å². The largest absolute Gasteiger partial charge is 0.557 e. The molecule has 0 aromatic carbocycles. The summed E-state index contributed by atoms with van der Waals surface area (Å²) in [6.45, 7) is 1.80. The van der Waals surface area contributed by atoms with Gasteiger partial charge in [0.15, 0.2) is 0 Å². The molecule has 0 radical (unpaired) electrons. The highest BCUT2D eigenvalue weighted by Crippen LogP contribution is 1.91. The lowest BCUT2D eigenvalue weighted by Crippen LogP contribution is -2.37. The summed E-state index contributed by atoms with van der Waals surface area (Å²) < 4.78 is 5.66. The number of likely N-dealkylation sites (N-methyl/N-ethyl adjacent to an activating group) is 1. The number of quaternary nitrogens is 1. The first kappa shape index (κ1) is 8.35. The lowest BCUT2D eigenvalue weighted by molar-refractivity contribution is -0.870. The standard InChI is InChI=1S/C5H14NOP/c1-6(2,3)4-5-7-8/h8H,4-5H2,1-3H3. The third-order valence-corrected chi connectivity index (χ3v) is 1.07. The molecule has 0 heterocycles. The number of hydrogen-bond acceptors (Lipinski definition) is 1. The van der Waals surface area contributed by atoms with Crippen molar-refractivity contribution in [3.63, 3.8) is 0 Å². The fraction of sp³-hybridized carbons (Fsp3) is 1.00. The van der Waals surface area contributed by atoms with Crippen LogP contribution in [-0.4, -0.2) is 38.8 Å². The number of hydrogen-bond donors (Lipinski definition) is 0. The van der Waals surface area contributed by atoms with Crippen LogP contribution in [0.2, 0.25) is 0 Å². The molecule has 0 aliphatic heterocycles. The third-order valence-electron chi connectivity index (χ3n) is 0.864. The summed E-state index contributed by atoms with van der Waals surface area (Å²) in [5, 5.41) is 0. The Morgan fingerprint density at radius 2 is 1.88 bits per heavy atom. The van der Waals surface area contributed by atoms with Gasteiger partial charge in [0, 0.05) is 0 Å². The van der Waals surface area contributed by atoms with Crippen molar-refractivity contribution in [2.45, 2.75) is 0 Å². The van der Waals surface area contributed by atoms with E-state index in [1.807, 2.05) is 0 Å². The molecule has 0 aliphatic rings. The van der Waals surface area contributed by atoms with E-state index in [1.54, 1.807) is 0 Å². The predicted octanol–water partition coefficient (Wildman–Crippen LogP) is 0.767. The molecule has 0 atom stereocenters. The van der Waals surface area contributed by atoms with E-state index in [1.165, 1.54) is 0 Å². The first-order chi connectivity index (χ1) is 3.56. The number of nitrogens with zero attached hydrogens (tertiary/aromatic N) is 1. The third kappa shape index (κ3) is 6.35. The Morgan fingerprint density at radius 3 is 2.00 bits per heavy atom. The van der Waals surface area contributed by atoms with Gasteiger partial charge in [-0.05, 0) is 0 Å². The van der Waals surface area contributed by atoms with Crippen molar-refractivity contribution in [2.75, 3.05) is 34.3 Å². The first-order valence-electron chi connectivity index (χ1n) is 2.65. The smallest absolute Gasteiger partial charge is 0.0988 e. The molecule has 0 bridgehead atoms. The van der Waals surface area contributed by atoms with Crippen molar-refractivity contribution >= 4 is 9.47 Å². The minimum Gasteiger partial charge on any atom is -0.557 e. The van der Waals surface area contributed by atoms with Crippen LogP contribution in [-0.2, 0) is 4.52 Å². The predicted molar refractivity (Wildman–Crippen MR) is 37.2 cm³/mol. The molecule has 0 saturated heterocycles. The average molecular weight is 135 g/mol. The zero-order valence-electron chi connectivity index (χ0n) is 5.77. The molecule has 0 N–H and O–H groups in total. The Morgan fingerprint density at radius 1 is 1.38 bits per heavy atom. The van der Waals surface area contributed by atoms with E-state index in [-0.39, 0.29) is 0 Å². The van der Waals surface area contributed by atoms with E-state index in [0.29, 0.717) is 0 Å². The molecule has 0 aliphatic carbocycles. The summed E-state index contributed by atoms with van der Waals surface area (Å²) in [5.74, 6) is 0. The molecule has 0 saturated carbocycles.